The maximum Gasteiger partial charge on any atom is 0.291 e. The topological polar surface area (TPSA) is 116 Å². The van der Waals surface area contributed by atoms with Crippen molar-refractivity contribution in [1.82, 2.24) is 29.7 Å². The van der Waals surface area contributed by atoms with Gasteiger partial charge in [-0.2, -0.15) is 9.37 Å². The second-order valence-electron chi connectivity index (χ2n) is 10.8. The van der Waals surface area contributed by atoms with Gasteiger partial charge < -0.3 is 29.9 Å². The Kier molecular flexibility index (Phi) is 8.92. The van der Waals surface area contributed by atoms with E-state index in [-0.39, 0.29) is 51.2 Å². The van der Waals surface area contributed by atoms with E-state index in [2.05, 4.69) is 20.6 Å². The SMILES string of the molecule is CN(C)c1nc(F)c(-c2cnc(C(=O)Nc3ccc(C(=O)N4CCN(C(=O)C5CCNCC5)CC4)c(Cl)c3)n2C)cc1F. The minimum Gasteiger partial charge on any atom is -0.360 e. The largest absolute Gasteiger partial charge is 0.360 e. The van der Waals surface area contributed by atoms with Gasteiger partial charge in [-0.15, -0.1) is 0 Å². The fraction of sp³-hybridized carbons (Fsp3) is 0.414. The quantitative estimate of drug-likeness (QED) is 0.410. The standard InChI is InChI=1S/C29H33ClF2N8O3/c1-37(2)25-22(31)15-20(24(32)36-25)23-16-34-26(38(23)3)27(41)35-18-4-5-19(21(30)14-18)29(43)40-12-10-39(11-13-40)28(42)17-6-8-33-9-7-17/h4-5,14-17,33H,6-13H2,1-3H3,(H,35,41). The Labute approximate surface area is 252 Å². The maximum absolute atomic E-state index is 14.7. The highest BCUT2D eigenvalue weighted by Gasteiger charge is 2.30. The summed E-state index contributed by atoms with van der Waals surface area (Å²) in [4.78, 5) is 51.7. The van der Waals surface area contributed by atoms with Gasteiger partial charge in [0.05, 0.1) is 28.0 Å². The molecule has 5 rings (SSSR count). The molecule has 0 bridgehead atoms. The van der Waals surface area contributed by atoms with Crippen molar-refractivity contribution in [1.29, 1.82) is 0 Å². The Morgan fingerprint density at radius 1 is 1.05 bits per heavy atom. The third-order valence-corrected chi connectivity index (χ3v) is 8.14. The molecule has 2 N–H and O–H groups in total. The van der Waals surface area contributed by atoms with E-state index < -0.39 is 17.7 Å². The lowest BCUT2D eigenvalue weighted by atomic mass is 9.96. The number of piperidine rings is 1. The third-order valence-electron chi connectivity index (χ3n) is 7.83. The van der Waals surface area contributed by atoms with Gasteiger partial charge in [0.25, 0.3) is 11.8 Å². The summed E-state index contributed by atoms with van der Waals surface area (Å²) in [5, 5.41) is 6.10. The molecule has 0 atom stereocenters. The molecule has 2 fully saturated rings. The number of hydrogen-bond donors (Lipinski definition) is 2. The summed E-state index contributed by atoms with van der Waals surface area (Å²) >= 11 is 6.46. The molecule has 43 heavy (non-hydrogen) atoms. The van der Waals surface area contributed by atoms with Crippen molar-refractivity contribution in [2.24, 2.45) is 13.0 Å². The van der Waals surface area contributed by atoms with Crippen LogP contribution in [-0.4, -0.2) is 95.4 Å². The molecule has 2 aliphatic heterocycles. The number of hydrogen-bond acceptors (Lipinski definition) is 7. The van der Waals surface area contributed by atoms with Crippen molar-refractivity contribution < 1.29 is 23.2 Å². The molecule has 2 saturated heterocycles. The van der Waals surface area contributed by atoms with E-state index in [1.165, 1.54) is 34.8 Å². The Balaban J connectivity index is 1.22. The zero-order valence-electron chi connectivity index (χ0n) is 24.2. The monoisotopic (exact) mass is 614 g/mol. The summed E-state index contributed by atoms with van der Waals surface area (Å²) in [6, 6.07) is 5.56. The van der Waals surface area contributed by atoms with Gasteiger partial charge in [-0.3, -0.25) is 14.4 Å². The molecule has 2 aromatic heterocycles. The number of nitrogens with one attached hydrogen (secondary N) is 2. The molecular formula is C29H33ClF2N8O3. The lowest BCUT2D eigenvalue weighted by molar-refractivity contribution is -0.137. The molecule has 228 valence electrons. The summed E-state index contributed by atoms with van der Waals surface area (Å²) in [6.45, 7) is 3.44. The van der Waals surface area contributed by atoms with E-state index in [0.717, 1.165) is 32.0 Å². The zero-order chi connectivity index (χ0) is 30.8. The van der Waals surface area contributed by atoms with Crippen LogP contribution in [-0.2, 0) is 11.8 Å². The van der Waals surface area contributed by atoms with E-state index in [1.54, 1.807) is 25.1 Å². The minimum absolute atomic E-state index is 0.0360. The lowest BCUT2D eigenvalue weighted by Gasteiger charge is -2.37. The second kappa shape index (κ2) is 12.6. The van der Waals surface area contributed by atoms with E-state index in [4.69, 9.17) is 11.6 Å². The highest BCUT2D eigenvalue weighted by Crippen LogP contribution is 2.28. The molecule has 0 saturated carbocycles. The van der Waals surface area contributed by atoms with Crippen molar-refractivity contribution >= 4 is 40.8 Å². The molecule has 2 aliphatic rings. The van der Waals surface area contributed by atoms with Crippen LogP contribution in [0, 0.1) is 17.7 Å². The molecule has 0 spiro atoms. The number of piperazine rings is 1. The summed E-state index contributed by atoms with van der Waals surface area (Å²) in [7, 11) is 4.60. The second-order valence-corrected chi connectivity index (χ2v) is 11.3. The van der Waals surface area contributed by atoms with Crippen LogP contribution in [0.3, 0.4) is 0 Å². The number of aromatic nitrogens is 3. The number of anilines is 2. The predicted molar refractivity (Wildman–Crippen MR) is 158 cm³/mol. The number of pyridine rings is 1. The highest BCUT2D eigenvalue weighted by atomic mass is 35.5. The first-order valence-corrected chi connectivity index (χ1v) is 14.4. The van der Waals surface area contributed by atoms with Gasteiger partial charge in [0.15, 0.2) is 17.5 Å². The van der Waals surface area contributed by atoms with Crippen LogP contribution >= 0.6 is 11.6 Å². The van der Waals surface area contributed by atoms with Crippen LogP contribution < -0.4 is 15.5 Å². The molecule has 3 amide bonds. The molecule has 1 aromatic carbocycles. The fourth-order valence-corrected chi connectivity index (χ4v) is 5.66. The number of rotatable bonds is 6. The molecule has 0 radical (unpaired) electrons. The number of halogens is 3. The number of imidazole rings is 1. The van der Waals surface area contributed by atoms with Gasteiger partial charge >= 0.3 is 0 Å². The average Bonchev–Trinajstić information content (AvgIpc) is 3.38. The van der Waals surface area contributed by atoms with E-state index >= 15 is 0 Å². The smallest absolute Gasteiger partial charge is 0.291 e. The van der Waals surface area contributed by atoms with Gasteiger partial charge in [0, 0.05) is 58.9 Å². The molecule has 3 aromatic rings. The van der Waals surface area contributed by atoms with Gasteiger partial charge in [-0.1, -0.05) is 11.6 Å². The molecule has 14 heteroatoms. The van der Waals surface area contributed by atoms with Crippen molar-refractivity contribution in [2.75, 3.05) is 63.6 Å². The predicted octanol–water partition coefficient (Wildman–Crippen LogP) is 3.02. The number of amides is 3. The molecule has 0 unspecified atom stereocenters. The van der Waals surface area contributed by atoms with Crippen LogP contribution in [0.4, 0.5) is 20.3 Å². The minimum atomic E-state index is -0.901. The molecule has 11 nitrogen and oxygen atoms in total. The summed E-state index contributed by atoms with van der Waals surface area (Å²) < 4.78 is 30.5. The Morgan fingerprint density at radius 3 is 2.37 bits per heavy atom. The third kappa shape index (κ3) is 6.32. The number of carbonyl (C=O) groups is 3. The summed E-state index contributed by atoms with van der Waals surface area (Å²) in [5.41, 5.74) is 0.626. The Morgan fingerprint density at radius 2 is 1.72 bits per heavy atom. The molecule has 4 heterocycles. The normalized spacial score (nSPS) is 15.9. The molecule has 0 aliphatic carbocycles. The van der Waals surface area contributed by atoms with Crippen LogP contribution in [0.2, 0.25) is 5.02 Å². The van der Waals surface area contributed by atoms with Gasteiger partial charge in [0.2, 0.25) is 11.9 Å². The Hall–Kier alpha value is -4.10. The van der Waals surface area contributed by atoms with Gasteiger partial charge in [0.1, 0.15) is 0 Å². The van der Waals surface area contributed by atoms with Crippen LogP contribution in [0.25, 0.3) is 11.3 Å². The number of nitrogens with zero attached hydrogens (tertiary/aromatic N) is 6. The van der Waals surface area contributed by atoms with Gasteiger partial charge in [-0.25, -0.2) is 9.37 Å². The van der Waals surface area contributed by atoms with E-state index in [0.29, 0.717) is 31.9 Å². The zero-order valence-corrected chi connectivity index (χ0v) is 24.9. The number of benzene rings is 1. The first-order valence-electron chi connectivity index (χ1n) is 14.0. The summed E-state index contributed by atoms with van der Waals surface area (Å²) in [5.74, 6) is -2.50. The highest BCUT2D eigenvalue weighted by molar-refractivity contribution is 6.34. The van der Waals surface area contributed by atoms with E-state index in [9.17, 15) is 23.2 Å². The van der Waals surface area contributed by atoms with Crippen LogP contribution in [0.1, 0.15) is 33.8 Å². The van der Waals surface area contributed by atoms with Gasteiger partial charge in [-0.05, 0) is 50.2 Å². The average molecular weight is 615 g/mol. The fourth-order valence-electron chi connectivity index (χ4n) is 5.40. The molecular weight excluding hydrogens is 582 g/mol. The maximum atomic E-state index is 14.7. The Bertz CT molecular complexity index is 1550. The van der Waals surface area contributed by atoms with Crippen LogP contribution in [0.15, 0.2) is 30.5 Å². The van der Waals surface area contributed by atoms with Crippen LogP contribution in [0.5, 0.6) is 0 Å². The lowest BCUT2D eigenvalue weighted by Crippen LogP contribution is -2.52. The van der Waals surface area contributed by atoms with Crippen molar-refractivity contribution in [3.05, 3.63) is 58.6 Å². The first kappa shape index (κ1) is 30.4. The first-order chi connectivity index (χ1) is 20.5. The van der Waals surface area contributed by atoms with Crippen molar-refractivity contribution in [3.8, 4) is 11.3 Å². The van der Waals surface area contributed by atoms with Crippen molar-refractivity contribution in [2.45, 2.75) is 12.8 Å². The summed E-state index contributed by atoms with van der Waals surface area (Å²) in [6.07, 6.45) is 2.93. The van der Waals surface area contributed by atoms with Crippen molar-refractivity contribution in [3.63, 3.8) is 0 Å². The number of carbonyl (C=O) groups excluding carboxylic acids is 3. The van der Waals surface area contributed by atoms with E-state index in [1.807, 2.05) is 4.90 Å².